The first-order valence-corrected chi connectivity index (χ1v) is 9.31. The molecule has 146 valence electrons. The van der Waals surface area contributed by atoms with Crippen LogP contribution in [0.4, 0.5) is 9.18 Å². The molecule has 5 nitrogen and oxygen atoms in total. The van der Waals surface area contributed by atoms with E-state index in [0.717, 1.165) is 5.56 Å². The van der Waals surface area contributed by atoms with Crippen molar-refractivity contribution in [1.82, 2.24) is 15.1 Å². The van der Waals surface area contributed by atoms with Gasteiger partial charge in [0.25, 0.3) is 0 Å². The Morgan fingerprint density at radius 3 is 2.57 bits per heavy atom. The normalized spacial score (nSPS) is 16.5. The molecule has 1 atom stereocenters. The van der Waals surface area contributed by atoms with E-state index in [1.807, 2.05) is 30.3 Å². The standard InChI is InChI=1S/C22H24FN3O2/c1-2-21(27)25-11-12-26(20(16-25)14-17-7-4-3-5-8-17)22(28)24-15-18-9-6-10-19(23)13-18/h2-10,13,20H,1,11-12,14-16H2,(H,24,28). The highest BCUT2D eigenvalue weighted by Crippen LogP contribution is 2.16. The molecule has 6 heteroatoms. The topological polar surface area (TPSA) is 52.7 Å². The lowest BCUT2D eigenvalue weighted by atomic mass is 10.0. The van der Waals surface area contributed by atoms with Crippen LogP contribution >= 0.6 is 0 Å². The number of urea groups is 1. The third-order valence-corrected chi connectivity index (χ3v) is 4.88. The summed E-state index contributed by atoms with van der Waals surface area (Å²) in [6, 6.07) is 15.7. The SMILES string of the molecule is C=CC(=O)N1CCN(C(=O)NCc2cccc(F)c2)C(Cc2ccccc2)C1. The van der Waals surface area contributed by atoms with Crippen LogP contribution in [0.3, 0.4) is 0 Å². The maximum atomic E-state index is 13.3. The van der Waals surface area contributed by atoms with Crippen LogP contribution in [0.5, 0.6) is 0 Å². The predicted octanol–water partition coefficient (Wildman–Crippen LogP) is 2.98. The number of hydrogen-bond acceptors (Lipinski definition) is 2. The average molecular weight is 381 g/mol. The molecule has 1 heterocycles. The lowest BCUT2D eigenvalue weighted by molar-refractivity contribution is -0.128. The number of hydrogen-bond donors (Lipinski definition) is 1. The van der Waals surface area contributed by atoms with E-state index in [1.165, 1.54) is 18.2 Å². The quantitative estimate of drug-likeness (QED) is 0.810. The smallest absolute Gasteiger partial charge is 0.318 e. The summed E-state index contributed by atoms with van der Waals surface area (Å²) in [6.07, 6.45) is 1.95. The number of carbonyl (C=O) groups excluding carboxylic acids is 2. The van der Waals surface area contributed by atoms with E-state index in [-0.39, 0.29) is 30.3 Å². The molecule has 1 saturated heterocycles. The molecule has 0 bridgehead atoms. The van der Waals surface area contributed by atoms with Gasteiger partial charge in [-0.1, -0.05) is 49.0 Å². The molecule has 0 radical (unpaired) electrons. The Balaban J connectivity index is 1.69. The van der Waals surface area contributed by atoms with Crippen molar-refractivity contribution in [3.05, 3.63) is 84.2 Å². The van der Waals surface area contributed by atoms with E-state index < -0.39 is 0 Å². The van der Waals surface area contributed by atoms with Crippen LogP contribution in [0.1, 0.15) is 11.1 Å². The summed E-state index contributed by atoms with van der Waals surface area (Å²) >= 11 is 0. The summed E-state index contributed by atoms with van der Waals surface area (Å²) < 4.78 is 13.3. The first-order valence-electron chi connectivity index (χ1n) is 9.31. The van der Waals surface area contributed by atoms with Crippen LogP contribution in [-0.4, -0.2) is 47.4 Å². The minimum absolute atomic E-state index is 0.127. The second kappa shape index (κ2) is 9.17. The largest absolute Gasteiger partial charge is 0.335 e. The summed E-state index contributed by atoms with van der Waals surface area (Å²) in [7, 11) is 0. The van der Waals surface area contributed by atoms with Gasteiger partial charge in [0.2, 0.25) is 5.91 Å². The minimum atomic E-state index is -0.328. The van der Waals surface area contributed by atoms with E-state index in [2.05, 4.69) is 11.9 Å². The molecule has 1 fully saturated rings. The van der Waals surface area contributed by atoms with Crippen LogP contribution in [0.15, 0.2) is 67.3 Å². The maximum Gasteiger partial charge on any atom is 0.318 e. The molecule has 28 heavy (non-hydrogen) atoms. The van der Waals surface area contributed by atoms with Gasteiger partial charge in [-0.25, -0.2) is 9.18 Å². The molecule has 1 unspecified atom stereocenters. The number of piperazine rings is 1. The fourth-order valence-corrected chi connectivity index (χ4v) is 3.44. The Morgan fingerprint density at radius 2 is 1.86 bits per heavy atom. The summed E-state index contributed by atoms with van der Waals surface area (Å²) in [5.74, 6) is -0.455. The maximum absolute atomic E-state index is 13.3. The lowest BCUT2D eigenvalue weighted by Crippen LogP contribution is -2.59. The number of carbonyl (C=O) groups is 2. The van der Waals surface area contributed by atoms with E-state index in [1.54, 1.807) is 21.9 Å². The Morgan fingerprint density at radius 1 is 1.11 bits per heavy atom. The average Bonchev–Trinajstić information content (AvgIpc) is 2.72. The van der Waals surface area contributed by atoms with Crippen molar-refractivity contribution in [2.45, 2.75) is 19.0 Å². The van der Waals surface area contributed by atoms with Crippen molar-refractivity contribution in [3.63, 3.8) is 0 Å². The van der Waals surface area contributed by atoms with Gasteiger partial charge >= 0.3 is 6.03 Å². The molecule has 3 rings (SSSR count). The molecular formula is C22H24FN3O2. The molecular weight excluding hydrogens is 357 g/mol. The number of nitrogens with zero attached hydrogens (tertiary/aromatic N) is 2. The third kappa shape index (κ3) is 4.97. The van der Waals surface area contributed by atoms with Crippen molar-refractivity contribution in [1.29, 1.82) is 0 Å². The van der Waals surface area contributed by atoms with Gasteiger partial charge in [-0.15, -0.1) is 0 Å². The summed E-state index contributed by atoms with van der Waals surface area (Å²) in [5, 5.41) is 2.87. The van der Waals surface area contributed by atoms with Gasteiger partial charge in [0.05, 0.1) is 6.04 Å². The molecule has 2 aromatic carbocycles. The summed E-state index contributed by atoms with van der Waals surface area (Å²) in [5.41, 5.74) is 1.80. The highest BCUT2D eigenvalue weighted by molar-refractivity contribution is 5.87. The van der Waals surface area contributed by atoms with Gasteiger partial charge in [0.15, 0.2) is 0 Å². The van der Waals surface area contributed by atoms with Crippen molar-refractivity contribution in [3.8, 4) is 0 Å². The van der Waals surface area contributed by atoms with Crippen LogP contribution in [-0.2, 0) is 17.8 Å². The van der Waals surface area contributed by atoms with E-state index in [0.29, 0.717) is 31.6 Å². The molecule has 0 spiro atoms. The zero-order chi connectivity index (χ0) is 19.9. The Kier molecular flexibility index (Phi) is 6.42. The molecule has 2 aromatic rings. The predicted molar refractivity (Wildman–Crippen MR) is 106 cm³/mol. The number of halogens is 1. The first-order chi connectivity index (χ1) is 13.6. The second-order valence-electron chi connectivity index (χ2n) is 6.81. The van der Waals surface area contributed by atoms with Crippen molar-refractivity contribution in [2.24, 2.45) is 0 Å². The number of amides is 3. The van der Waals surface area contributed by atoms with E-state index >= 15 is 0 Å². The summed E-state index contributed by atoms with van der Waals surface area (Å²) in [6.45, 7) is 5.15. The van der Waals surface area contributed by atoms with Crippen LogP contribution < -0.4 is 5.32 Å². The van der Waals surface area contributed by atoms with Gasteiger partial charge in [-0.2, -0.15) is 0 Å². The lowest BCUT2D eigenvalue weighted by Gasteiger charge is -2.41. The molecule has 3 amide bonds. The Hall–Kier alpha value is -3.15. The Bertz CT molecular complexity index is 841. The monoisotopic (exact) mass is 381 g/mol. The molecule has 0 aromatic heterocycles. The van der Waals surface area contributed by atoms with Crippen LogP contribution in [0.2, 0.25) is 0 Å². The van der Waals surface area contributed by atoms with Crippen molar-refractivity contribution < 1.29 is 14.0 Å². The van der Waals surface area contributed by atoms with Crippen molar-refractivity contribution in [2.75, 3.05) is 19.6 Å². The molecule has 1 aliphatic heterocycles. The number of benzene rings is 2. The number of rotatable bonds is 5. The highest BCUT2D eigenvalue weighted by Gasteiger charge is 2.31. The van der Waals surface area contributed by atoms with Gasteiger partial charge in [0, 0.05) is 26.2 Å². The fourth-order valence-electron chi connectivity index (χ4n) is 3.44. The fraction of sp³-hybridized carbons (Fsp3) is 0.273. The molecule has 1 N–H and O–H groups in total. The third-order valence-electron chi connectivity index (χ3n) is 4.88. The summed E-state index contributed by atoms with van der Waals surface area (Å²) in [4.78, 5) is 28.3. The van der Waals surface area contributed by atoms with E-state index in [9.17, 15) is 14.0 Å². The van der Waals surface area contributed by atoms with E-state index in [4.69, 9.17) is 0 Å². The highest BCUT2D eigenvalue weighted by atomic mass is 19.1. The minimum Gasteiger partial charge on any atom is -0.335 e. The van der Waals surface area contributed by atoms with Crippen LogP contribution in [0, 0.1) is 5.82 Å². The first kappa shape index (κ1) is 19.6. The molecule has 0 saturated carbocycles. The molecule has 1 aliphatic rings. The van der Waals surface area contributed by atoms with Crippen molar-refractivity contribution >= 4 is 11.9 Å². The molecule has 0 aliphatic carbocycles. The zero-order valence-electron chi connectivity index (χ0n) is 15.7. The van der Waals surface area contributed by atoms with Gasteiger partial charge < -0.3 is 15.1 Å². The Labute approximate surface area is 164 Å². The second-order valence-corrected chi connectivity index (χ2v) is 6.81. The number of nitrogens with one attached hydrogen (secondary N) is 1. The van der Waals surface area contributed by atoms with Gasteiger partial charge in [-0.05, 0) is 35.8 Å². The van der Waals surface area contributed by atoms with Crippen LogP contribution in [0.25, 0.3) is 0 Å². The zero-order valence-corrected chi connectivity index (χ0v) is 15.7. The van der Waals surface area contributed by atoms with Gasteiger partial charge in [0.1, 0.15) is 5.82 Å². The van der Waals surface area contributed by atoms with Gasteiger partial charge in [-0.3, -0.25) is 4.79 Å².